The molecule has 17 heavy (non-hydrogen) atoms. The van der Waals surface area contributed by atoms with Gasteiger partial charge in [-0.15, -0.1) is 11.8 Å². The highest BCUT2D eigenvalue weighted by Crippen LogP contribution is 2.39. The molecule has 1 heterocycles. The summed E-state index contributed by atoms with van der Waals surface area (Å²) in [5, 5.41) is 1.07. The molecule has 0 amide bonds. The first-order chi connectivity index (χ1) is 8.26. The summed E-state index contributed by atoms with van der Waals surface area (Å²) in [6.07, 6.45) is 2.32. The van der Waals surface area contributed by atoms with Gasteiger partial charge in [0.2, 0.25) is 0 Å². The second kappa shape index (κ2) is 6.60. The van der Waals surface area contributed by atoms with Crippen molar-refractivity contribution in [2.45, 2.75) is 17.7 Å². The topological polar surface area (TPSA) is 9.23 Å². The molecule has 0 spiro atoms. The molecule has 1 saturated heterocycles. The third-order valence-corrected chi connectivity index (χ3v) is 6.77. The van der Waals surface area contributed by atoms with Gasteiger partial charge in [0, 0.05) is 33.7 Å². The summed E-state index contributed by atoms with van der Waals surface area (Å²) in [7, 11) is 0. The van der Waals surface area contributed by atoms with Crippen LogP contribution in [-0.4, -0.2) is 24.3 Å². The molecule has 0 unspecified atom stereocenters. The van der Waals surface area contributed by atoms with E-state index in [9.17, 15) is 0 Å². The van der Waals surface area contributed by atoms with Gasteiger partial charge in [0.15, 0.2) is 0 Å². The number of alkyl halides is 1. The molecule has 1 aliphatic rings. The number of ether oxygens (including phenoxy) is 1. The standard InChI is InChI=1S/C13H16Br2OS/c14-9-13(5-7-16-8-6-13)10-17-12-4-2-1-3-11(12)15/h1-4H,5-10H2. The van der Waals surface area contributed by atoms with Gasteiger partial charge in [-0.1, -0.05) is 28.1 Å². The van der Waals surface area contributed by atoms with E-state index in [1.54, 1.807) is 0 Å². The predicted molar refractivity (Wildman–Crippen MR) is 81.1 cm³/mol. The number of benzene rings is 1. The zero-order valence-corrected chi connectivity index (χ0v) is 13.6. The van der Waals surface area contributed by atoms with Gasteiger partial charge >= 0.3 is 0 Å². The molecule has 0 aromatic heterocycles. The lowest BCUT2D eigenvalue weighted by molar-refractivity contribution is 0.0374. The van der Waals surface area contributed by atoms with Crippen LogP contribution in [0.3, 0.4) is 0 Å². The number of rotatable bonds is 4. The van der Waals surface area contributed by atoms with E-state index in [0.29, 0.717) is 5.41 Å². The highest BCUT2D eigenvalue weighted by Gasteiger charge is 2.31. The van der Waals surface area contributed by atoms with Crippen molar-refractivity contribution in [1.82, 2.24) is 0 Å². The first-order valence-corrected chi connectivity index (χ1v) is 8.67. The van der Waals surface area contributed by atoms with E-state index in [1.165, 1.54) is 9.37 Å². The van der Waals surface area contributed by atoms with Gasteiger partial charge in [-0.2, -0.15) is 0 Å². The Morgan fingerprint density at radius 2 is 1.94 bits per heavy atom. The molecule has 1 aromatic carbocycles. The van der Waals surface area contributed by atoms with E-state index in [2.05, 4.69) is 56.1 Å². The number of thioether (sulfide) groups is 1. The molecule has 2 rings (SSSR count). The molecule has 1 aromatic rings. The molecule has 0 atom stereocenters. The van der Waals surface area contributed by atoms with Gasteiger partial charge in [-0.25, -0.2) is 0 Å². The Labute approximate surface area is 124 Å². The normalized spacial score (nSPS) is 19.2. The molecule has 1 fully saturated rings. The lowest BCUT2D eigenvalue weighted by atomic mass is 9.85. The highest BCUT2D eigenvalue weighted by molar-refractivity contribution is 9.10. The third-order valence-electron chi connectivity index (χ3n) is 3.21. The van der Waals surface area contributed by atoms with Crippen molar-refractivity contribution in [3.8, 4) is 0 Å². The minimum absolute atomic E-state index is 0.401. The number of hydrogen-bond donors (Lipinski definition) is 0. The molecule has 94 valence electrons. The summed E-state index contributed by atoms with van der Waals surface area (Å²) in [6.45, 7) is 1.81. The summed E-state index contributed by atoms with van der Waals surface area (Å²) in [4.78, 5) is 1.33. The van der Waals surface area contributed by atoms with E-state index >= 15 is 0 Å². The van der Waals surface area contributed by atoms with Crippen LogP contribution < -0.4 is 0 Å². The minimum Gasteiger partial charge on any atom is -0.381 e. The maximum Gasteiger partial charge on any atom is 0.0471 e. The van der Waals surface area contributed by atoms with Crippen molar-refractivity contribution in [3.05, 3.63) is 28.7 Å². The third kappa shape index (κ3) is 3.72. The minimum atomic E-state index is 0.401. The van der Waals surface area contributed by atoms with Crippen molar-refractivity contribution < 1.29 is 4.74 Å². The maximum atomic E-state index is 5.46. The van der Waals surface area contributed by atoms with Crippen LogP contribution in [0.5, 0.6) is 0 Å². The predicted octanol–water partition coefficient (Wildman–Crippen LogP) is 4.73. The smallest absolute Gasteiger partial charge is 0.0471 e. The van der Waals surface area contributed by atoms with E-state index in [4.69, 9.17) is 4.74 Å². The van der Waals surface area contributed by atoms with Gasteiger partial charge in [-0.05, 0) is 46.3 Å². The van der Waals surface area contributed by atoms with Gasteiger partial charge in [0.1, 0.15) is 0 Å². The Kier molecular flexibility index (Phi) is 5.40. The Morgan fingerprint density at radius 1 is 1.24 bits per heavy atom. The maximum absolute atomic E-state index is 5.46. The monoisotopic (exact) mass is 378 g/mol. The van der Waals surface area contributed by atoms with Crippen molar-refractivity contribution in [2.75, 3.05) is 24.3 Å². The van der Waals surface area contributed by atoms with Crippen LogP contribution in [0.25, 0.3) is 0 Å². The van der Waals surface area contributed by atoms with E-state index in [1.807, 2.05) is 11.8 Å². The van der Waals surface area contributed by atoms with Crippen LogP contribution in [0, 0.1) is 5.41 Å². The zero-order chi connectivity index (χ0) is 12.1. The Balaban J connectivity index is 1.98. The summed E-state index contributed by atoms with van der Waals surface area (Å²) in [5.41, 5.74) is 0.401. The summed E-state index contributed by atoms with van der Waals surface area (Å²) < 4.78 is 6.66. The first-order valence-electron chi connectivity index (χ1n) is 5.77. The van der Waals surface area contributed by atoms with Gasteiger partial charge in [0.05, 0.1) is 0 Å². The summed E-state index contributed by atoms with van der Waals surface area (Å²) in [5.74, 6) is 1.16. The summed E-state index contributed by atoms with van der Waals surface area (Å²) in [6, 6.07) is 8.43. The van der Waals surface area contributed by atoms with Crippen LogP contribution in [0.15, 0.2) is 33.6 Å². The SMILES string of the molecule is BrCC1(CSc2ccccc2Br)CCOCC1. The van der Waals surface area contributed by atoms with Gasteiger partial charge < -0.3 is 4.74 Å². The van der Waals surface area contributed by atoms with E-state index in [-0.39, 0.29) is 0 Å². The molecule has 0 saturated carbocycles. The largest absolute Gasteiger partial charge is 0.381 e. The second-order valence-corrected chi connectivity index (χ2v) is 6.90. The van der Waals surface area contributed by atoms with Crippen molar-refractivity contribution in [1.29, 1.82) is 0 Å². The quantitative estimate of drug-likeness (QED) is 0.552. The molecule has 1 aliphatic heterocycles. The molecule has 4 heteroatoms. The van der Waals surface area contributed by atoms with Crippen LogP contribution in [0.2, 0.25) is 0 Å². The number of halogens is 2. The number of hydrogen-bond acceptors (Lipinski definition) is 2. The summed E-state index contributed by atoms with van der Waals surface area (Å²) >= 11 is 9.23. The Hall–Kier alpha value is 0.490. The fourth-order valence-corrected chi connectivity index (χ4v) is 4.80. The van der Waals surface area contributed by atoms with Crippen LogP contribution in [-0.2, 0) is 4.74 Å². The molecule has 0 bridgehead atoms. The average Bonchev–Trinajstić information content (AvgIpc) is 2.39. The first kappa shape index (κ1) is 13.9. The highest BCUT2D eigenvalue weighted by atomic mass is 79.9. The van der Waals surface area contributed by atoms with Crippen LogP contribution in [0.4, 0.5) is 0 Å². The molecule has 0 aliphatic carbocycles. The van der Waals surface area contributed by atoms with Crippen LogP contribution >= 0.6 is 43.6 Å². The molecule has 1 nitrogen and oxygen atoms in total. The Morgan fingerprint density at radius 3 is 2.59 bits per heavy atom. The van der Waals surface area contributed by atoms with Gasteiger partial charge in [0.25, 0.3) is 0 Å². The lowest BCUT2D eigenvalue weighted by Gasteiger charge is -2.35. The second-order valence-electron chi connectivity index (χ2n) is 4.47. The van der Waals surface area contributed by atoms with E-state index < -0.39 is 0 Å². The van der Waals surface area contributed by atoms with Gasteiger partial charge in [-0.3, -0.25) is 0 Å². The lowest BCUT2D eigenvalue weighted by Crippen LogP contribution is -2.33. The fraction of sp³-hybridized carbons (Fsp3) is 0.538. The van der Waals surface area contributed by atoms with Crippen molar-refractivity contribution in [2.24, 2.45) is 5.41 Å². The Bertz CT molecular complexity index is 364. The molecule has 0 radical (unpaired) electrons. The molecular weight excluding hydrogens is 364 g/mol. The van der Waals surface area contributed by atoms with Crippen LogP contribution in [0.1, 0.15) is 12.8 Å². The average molecular weight is 380 g/mol. The zero-order valence-electron chi connectivity index (χ0n) is 9.62. The molecule has 0 N–H and O–H groups in total. The van der Waals surface area contributed by atoms with Crippen molar-refractivity contribution >= 4 is 43.6 Å². The van der Waals surface area contributed by atoms with Crippen molar-refractivity contribution in [3.63, 3.8) is 0 Å². The molecular formula is C13H16Br2OS. The van der Waals surface area contributed by atoms with E-state index in [0.717, 1.165) is 37.1 Å². The fourth-order valence-electron chi connectivity index (χ4n) is 1.91.